The molecule has 0 aliphatic carbocycles. The number of hydrogen-bond acceptors (Lipinski definition) is 6. The van der Waals surface area contributed by atoms with Crippen molar-refractivity contribution in [3.63, 3.8) is 0 Å². The first-order valence-corrected chi connectivity index (χ1v) is 13.3. The molecule has 212 valence electrons. The molecule has 40 heavy (non-hydrogen) atoms. The van der Waals surface area contributed by atoms with Gasteiger partial charge in [0.1, 0.15) is 11.4 Å². The van der Waals surface area contributed by atoms with Crippen LogP contribution in [0.4, 0.5) is 4.39 Å². The van der Waals surface area contributed by atoms with E-state index in [1.165, 1.54) is 6.38 Å². The van der Waals surface area contributed by atoms with Crippen LogP contribution < -0.4 is 0 Å². The lowest BCUT2D eigenvalue weighted by Crippen LogP contribution is -2.13. The van der Waals surface area contributed by atoms with E-state index in [0.717, 1.165) is 22.5 Å². The van der Waals surface area contributed by atoms with E-state index < -0.39 is 0 Å². The van der Waals surface area contributed by atoms with E-state index in [1.807, 2.05) is 113 Å². The predicted octanol–water partition coefficient (Wildman–Crippen LogP) is 8.07. The summed E-state index contributed by atoms with van der Waals surface area (Å²) >= 11 is 4.64. The van der Waals surface area contributed by atoms with Crippen LogP contribution in [0.15, 0.2) is 97.1 Å². The standard InChI is InChI=1S/2C15H15NO2.CH3Cl.CH3F/c2*1-11(2)18-15(17)14-10-6-9-13(16-14)12-7-4-3-5-8-12;2*1-2/h2*3-11H,1-2H3;2*1H3. The average Bonchev–Trinajstić information content (AvgIpc) is 3.00. The third-order valence-electron chi connectivity index (χ3n) is 4.74. The lowest BCUT2D eigenvalue weighted by molar-refractivity contribution is 0.0360. The summed E-state index contributed by atoms with van der Waals surface area (Å²) in [5.41, 5.74) is 4.19. The molecule has 0 aliphatic rings. The van der Waals surface area contributed by atoms with Crippen LogP contribution in [-0.2, 0) is 9.47 Å². The minimum atomic E-state index is -0.386. The lowest BCUT2D eigenvalue weighted by atomic mass is 10.1. The molecule has 2 heterocycles. The van der Waals surface area contributed by atoms with Crippen LogP contribution in [0.3, 0.4) is 0 Å². The number of esters is 2. The second-order valence-electron chi connectivity index (χ2n) is 8.46. The van der Waals surface area contributed by atoms with Crippen LogP contribution in [0.1, 0.15) is 48.7 Å². The van der Waals surface area contributed by atoms with Crippen LogP contribution in [0.25, 0.3) is 22.5 Å². The number of alkyl halides is 2. The van der Waals surface area contributed by atoms with Crippen LogP contribution in [0.5, 0.6) is 0 Å². The zero-order chi connectivity index (χ0) is 29.9. The molecular weight excluding hydrogens is 531 g/mol. The molecule has 0 amide bonds. The molecule has 4 aromatic rings. The Morgan fingerprint density at radius 2 is 0.900 bits per heavy atom. The minimum absolute atomic E-state index is 0.139. The molecule has 0 saturated carbocycles. The number of pyridine rings is 2. The highest BCUT2D eigenvalue weighted by molar-refractivity contribution is 6.15. The molecule has 0 spiro atoms. The highest BCUT2D eigenvalue weighted by Crippen LogP contribution is 2.18. The Kier molecular flexibility index (Phi) is 16.1. The van der Waals surface area contributed by atoms with Gasteiger partial charge in [0, 0.05) is 17.5 Å². The average molecular weight is 567 g/mol. The molecule has 2 aromatic heterocycles. The molecule has 4 rings (SSSR count). The van der Waals surface area contributed by atoms with Crippen LogP contribution >= 0.6 is 11.6 Å². The number of aromatic nitrogens is 2. The summed E-state index contributed by atoms with van der Waals surface area (Å²) in [7, 11) is 0.500. The predicted molar refractivity (Wildman–Crippen MR) is 159 cm³/mol. The molecule has 0 fully saturated rings. The van der Waals surface area contributed by atoms with E-state index in [1.54, 1.807) is 12.1 Å². The maximum Gasteiger partial charge on any atom is 0.357 e. The fourth-order valence-electron chi connectivity index (χ4n) is 3.19. The van der Waals surface area contributed by atoms with Crippen LogP contribution in [0, 0.1) is 0 Å². The molecule has 2 aromatic carbocycles. The van der Waals surface area contributed by atoms with E-state index in [0.29, 0.717) is 18.6 Å². The van der Waals surface area contributed by atoms with Crippen molar-refractivity contribution in [2.45, 2.75) is 39.9 Å². The second kappa shape index (κ2) is 19.0. The van der Waals surface area contributed by atoms with Crippen molar-refractivity contribution in [2.24, 2.45) is 0 Å². The van der Waals surface area contributed by atoms with E-state index in [2.05, 4.69) is 21.6 Å². The molecule has 0 aliphatic heterocycles. The first-order chi connectivity index (χ1) is 19.3. The monoisotopic (exact) mass is 566 g/mol. The number of halogens is 2. The first kappa shape index (κ1) is 33.9. The highest BCUT2D eigenvalue weighted by atomic mass is 35.5. The quantitative estimate of drug-likeness (QED) is 0.173. The van der Waals surface area contributed by atoms with Gasteiger partial charge >= 0.3 is 11.9 Å². The van der Waals surface area contributed by atoms with Gasteiger partial charge in [0.25, 0.3) is 0 Å². The smallest absolute Gasteiger partial charge is 0.357 e. The zero-order valence-electron chi connectivity index (χ0n) is 23.7. The Morgan fingerprint density at radius 1 is 0.575 bits per heavy atom. The van der Waals surface area contributed by atoms with Gasteiger partial charge in [0.2, 0.25) is 0 Å². The Bertz CT molecular complexity index is 1190. The number of hydrogen-bond donors (Lipinski definition) is 0. The Labute approximate surface area is 241 Å². The summed E-state index contributed by atoms with van der Waals surface area (Å²) in [6.45, 7) is 7.27. The molecule has 0 saturated heterocycles. The summed E-state index contributed by atoms with van der Waals surface area (Å²) in [5, 5.41) is 0. The van der Waals surface area contributed by atoms with Gasteiger partial charge < -0.3 is 9.47 Å². The number of benzene rings is 2. The van der Waals surface area contributed by atoms with Crippen LogP contribution in [-0.4, -0.2) is 47.7 Å². The van der Waals surface area contributed by atoms with Gasteiger partial charge in [0.05, 0.1) is 30.8 Å². The molecular formula is C32H36ClFN2O4. The van der Waals surface area contributed by atoms with Crippen molar-refractivity contribution in [1.82, 2.24) is 9.97 Å². The van der Waals surface area contributed by atoms with Crippen molar-refractivity contribution < 1.29 is 23.5 Å². The summed E-state index contributed by atoms with van der Waals surface area (Å²) < 4.78 is 19.8. The van der Waals surface area contributed by atoms with Gasteiger partial charge in [-0.3, -0.25) is 4.39 Å². The summed E-state index contributed by atoms with van der Waals surface area (Å²) in [6, 6.07) is 30.2. The van der Waals surface area contributed by atoms with Crippen molar-refractivity contribution in [3.05, 3.63) is 108 Å². The van der Waals surface area contributed by atoms with Crippen molar-refractivity contribution in [1.29, 1.82) is 0 Å². The van der Waals surface area contributed by atoms with Gasteiger partial charge in [-0.15, -0.1) is 11.6 Å². The molecule has 0 radical (unpaired) electrons. The van der Waals surface area contributed by atoms with Gasteiger partial charge in [0.15, 0.2) is 0 Å². The minimum Gasteiger partial charge on any atom is -0.458 e. The molecule has 0 unspecified atom stereocenters. The summed E-state index contributed by atoms with van der Waals surface area (Å²) in [4.78, 5) is 32.2. The molecule has 0 N–H and O–H groups in total. The molecule has 8 heteroatoms. The SMILES string of the molecule is CC(C)OC(=O)c1cccc(-c2ccccc2)n1.CC(C)OC(=O)c1cccc(-c2ccccc2)n1.CCl.CF. The van der Waals surface area contributed by atoms with Gasteiger partial charge in [-0.2, -0.15) is 0 Å². The Hall–Kier alpha value is -4.10. The maximum absolute atomic E-state index is 11.8. The fourth-order valence-corrected chi connectivity index (χ4v) is 3.19. The van der Waals surface area contributed by atoms with Crippen LogP contribution in [0.2, 0.25) is 0 Å². The number of ether oxygens (including phenoxy) is 2. The van der Waals surface area contributed by atoms with Gasteiger partial charge in [-0.1, -0.05) is 72.8 Å². The van der Waals surface area contributed by atoms with Crippen molar-refractivity contribution >= 4 is 23.5 Å². The fraction of sp³-hybridized carbons (Fsp3) is 0.250. The Morgan fingerprint density at radius 3 is 1.20 bits per heavy atom. The second-order valence-corrected chi connectivity index (χ2v) is 8.46. The van der Waals surface area contributed by atoms with E-state index in [9.17, 15) is 14.0 Å². The zero-order valence-corrected chi connectivity index (χ0v) is 24.4. The van der Waals surface area contributed by atoms with E-state index in [-0.39, 0.29) is 24.1 Å². The van der Waals surface area contributed by atoms with Crippen molar-refractivity contribution in [2.75, 3.05) is 13.6 Å². The topological polar surface area (TPSA) is 78.4 Å². The molecule has 0 atom stereocenters. The van der Waals surface area contributed by atoms with Crippen molar-refractivity contribution in [3.8, 4) is 22.5 Å². The molecule has 6 nitrogen and oxygen atoms in total. The third kappa shape index (κ3) is 11.7. The van der Waals surface area contributed by atoms with E-state index >= 15 is 0 Å². The number of carbonyl (C=O) groups is 2. The lowest BCUT2D eigenvalue weighted by Gasteiger charge is -2.08. The molecule has 0 bridgehead atoms. The van der Waals surface area contributed by atoms with Gasteiger partial charge in [-0.05, 0) is 52.0 Å². The normalized spacial score (nSPS) is 9.65. The number of nitrogens with zero attached hydrogens (tertiary/aromatic N) is 2. The number of rotatable bonds is 6. The highest BCUT2D eigenvalue weighted by Gasteiger charge is 2.12. The Balaban J connectivity index is 0.000000356. The maximum atomic E-state index is 11.8. The number of carbonyl (C=O) groups excluding carboxylic acids is 2. The first-order valence-electron chi connectivity index (χ1n) is 12.6. The summed E-state index contributed by atoms with van der Waals surface area (Å²) in [5.74, 6) is -0.773. The van der Waals surface area contributed by atoms with E-state index in [4.69, 9.17) is 9.47 Å². The third-order valence-corrected chi connectivity index (χ3v) is 4.74. The largest absolute Gasteiger partial charge is 0.458 e. The summed E-state index contributed by atoms with van der Waals surface area (Å²) in [6.07, 6.45) is 1.19. The van der Waals surface area contributed by atoms with Gasteiger partial charge in [-0.25, -0.2) is 19.6 Å².